The monoisotopic (exact) mass is 339 g/mol. The van der Waals surface area contributed by atoms with Crippen molar-refractivity contribution in [2.75, 3.05) is 31.6 Å². The molecule has 3 heterocycles. The molecule has 2 aliphatic rings. The van der Waals surface area contributed by atoms with Crippen molar-refractivity contribution in [1.82, 2.24) is 10.3 Å². The van der Waals surface area contributed by atoms with Crippen LogP contribution in [-0.2, 0) is 4.79 Å². The van der Waals surface area contributed by atoms with Gasteiger partial charge in [-0.15, -0.1) is 0 Å². The van der Waals surface area contributed by atoms with E-state index in [1.807, 2.05) is 36.4 Å². The molecule has 2 N–H and O–H groups in total. The first kappa shape index (κ1) is 15.9. The van der Waals surface area contributed by atoms with Crippen molar-refractivity contribution in [3.05, 3.63) is 36.4 Å². The predicted molar refractivity (Wildman–Crippen MR) is 94.9 cm³/mol. The third-order valence-corrected chi connectivity index (χ3v) is 4.55. The molecule has 4 rings (SSSR count). The minimum Gasteiger partial charge on any atom is -0.486 e. The Hall–Kier alpha value is -2.60. The fraction of sp³-hybridized carbons (Fsp3) is 0.368. The highest BCUT2D eigenvalue weighted by Crippen LogP contribution is 2.34. The van der Waals surface area contributed by atoms with Crippen LogP contribution < -0.4 is 20.1 Å². The summed E-state index contributed by atoms with van der Waals surface area (Å²) in [6.07, 6.45) is 1.74. The summed E-state index contributed by atoms with van der Waals surface area (Å²) in [6, 6.07) is 11.4. The number of nitrogens with zero attached hydrogens (tertiary/aromatic N) is 1. The third-order valence-electron chi connectivity index (χ3n) is 4.55. The Morgan fingerprint density at radius 1 is 1.08 bits per heavy atom. The molecule has 0 spiro atoms. The summed E-state index contributed by atoms with van der Waals surface area (Å²) in [6.45, 7) is 2.91. The number of piperidine rings is 1. The number of benzene rings is 1. The molecule has 25 heavy (non-hydrogen) atoms. The van der Waals surface area contributed by atoms with Crippen LogP contribution in [0, 0.1) is 5.92 Å². The molecule has 1 amide bonds. The zero-order valence-corrected chi connectivity index (χ0v) is 14.0. The molecule has 0 aliphatic carbocycles. The Morgan fingerprint density at radius 3 is 2.72 bits per heavy atom. The Balaban J connectivity index is 1.52. The molecular weight excluding hydrogens is 318 g/mol. The van der Waals surface area contributed by atoms with Gasteiger partial charge in [-0.25, -0.2) is 4.98 Å². The zero-order valence-electron chi connectivity index (χ0n) is 14.0. The lowest BCUT2D eigenvalue weighted by Crippen LogP contribution is -2.34. The van der Waals surface area contributed by atoms with Crippen LogP contribution in [0.25, 0.3) is 11.3 Å². The van der Waals surface area contributed by atoms with Crippen molar-refractivity contribution in [2.45, 2.75) is 12.8 Å². The van der Waals surface area contributed by atoms with E-state index in [1.165, 1.54) is 0 Å². The van der Waals surface area contributed by atoms with E-state index in [0.717, 1.165) is 48.7 Å². The van der Waals surface area contributed by atoms with Gasteiger partial charge in [-0.05, 0) is 56.3 Å². The molecule has 0 unspecified atom stereocenters. The van der Waals surface area contributed by atoms with Gasteiger partial charge >= 0.3 is 0 Å². The lowest BCUT2D eigenvalue weighted by atomic mass is 9.97. The summed E-state index contributed by atoms with van der Waals surface area (Å²) in [4.78, 5) is 17.0. The number of hydrogen-bond acceptors (Lipinski definition) is 5. The average molecular weight is 339 g/mol. The molecule has 2 aromatic rings. The number of aromatic nitrogens is 1. The van der Waals surface area contributed by atoms with E-state index < -0.39 is 0 Å². The minimum atomic E-state index is 0.0494. The predicted octanol–water partition coefficient (Wildman–Crippen LogP) is 2.46. The molecule has 0 atom stereocenters. The first-order valence-electron chi connectivity index (χ1n) is 8.68. The van der Waals surface area contributed by atoms with E-state index in [4.69, 9.17) is 9.47 Å². The SMILES string of the molecule is O=C(Nc1cccc(-c2ccc3c(c2)OCCO3)n1)C1CCNCC1. The second-order valence-corrected chi connectivity index (χ2v) is 6.28. The van der Waals surface area contributed by atoms with Gasteiger partial charge in [0.05, 0.1) is 5.69 Å². The molecule has 1 fully saturated rings. The normalized spacial score (nSPS) is 17.1. The van der Waals surface area contributed by atoms with Crippen molar-refractivity contribution < 1.29 is 14.3 Å². The van der Waals surface area contributed by atoms with Crippen LogP contribution in [0.15, 0.2) is 36.4 Å². The average Bonchev–Trinajstić information content (AvgIpc) is 2.68. The van der Waals surface area contributed by atoms with Gasteiger partial charge in [-0.2, -0.15) is 0 Å². The van der Waals surface area contributed by atoms with E-state index in [1.54, 1.807) is 0 Å². The Labute approximate surface area is 146 Å². The lowest BCUT2D eigenvalue weighted by Gasteiger charge is -2.21. The van der Waals surface area contributed by atoms with Gasteiger partial charge in [0.25, 0.3) is 0 Å². The minimum absolute atomic E-state index is 0.0494. The zero-order chi connectivity index (χ0) is 17.1. The van der Waals surface area contributed by atoms with E-state index in [0.29, 0.717) is 19.0 Å². The smallest absolute Gasteiger partial charge is 0.228 e. The second kappa shape index (κ2) is 7.11. The number of amides is 1. The van der Waals surface area contributed by atoms with Crippen molar-refractivity contribution in [3.63, 3.8) is 0 Å². The first-order chi connectivity index (χ1) is 12.3. The maximum absolute atomic E-state index is 12.4. The molecule has 1 aromatic heterocycles. The summed E-state index contributed by atoms with van der Waals surface area (Å²) >= 11 is 0. The molecule has 0 saturated carbocycles. The van der Waals surface area contributed by atoms with Crippen molar-refractivity contribution in [1.29, 1.82) is 0 Å². The largest absolute Gasteiger partial charge is 0.486 e. The number of carbonyl (C=O) groups excluding carboxylic acids is 1. The lowest BCUT2D eigenvalue weighted by molar-refractivity contribution is -0.120. The summed E-state index contributed by atoms with van der Waals surface area (Å²) in [5, 5.41) is 6.22. The number of nitrogens with one attached hydrogen (secondary N) is 2. The molecule has 1 saturated heterocycles. The summed E-state index contributed by atoms with van der Waals surface area (Å²) in [7, 11) is 0. The van der Waals surface area contributed by atoms with Crippen LogP contribution in [0.1, 0.15) is 12.8 Å². The van der Waals surface area contributed by atoms with Gasteiger partial charge in [0, 0.05) is 11.5 Å². The Morgan fingerprint density at radius 2 is 1.88 bits per heavy atom. The van der Waals surface area contributed by atoms with E-state index in [-0.39, 0.29) is 11.8 Å². The van der Waals surface area contributed by atoms with Crippen molar-refractivity contribution >= 4 is 11.7 Å². The third kappa shape index (κ3) is 3.58. The summed E-state index contributed by atoms with van der Waals surface area (Å²) in [5.74, 6) is 2.17. The maximum Gasteiger partial charge on any atom is 0.228 e. The van der Waals surface area contributed by atoms with Crippen LogP contribution in [0.5, 0.6) is 11.5 Å². The van der Waals surface area contributed by atoms with Gasteiger partial charge in [0.1, 0.15) is 19.0 Å². The highest BCUT2D eigenvalue weighted by atomic mass is 16.6. The molecule has 6 heteroatoms. The maximum atomic E-state index is 12.4. The van der Waals surface area contributed by atoms with Crippen molar-refractivity contribution in [3.8, 4) is 22.8 Å². The van der Waals surface area contributed by atoms with Crippen LogP contribution in [0.4, 0.5) is 5.82 Å². The highest BCUT2D eigenvalue weighted by Gasteiger charge is 2.21. The fourth-order valence-corrected chi connectivity index (χ4v) is 3.18. The number of hydrogen-bond donors (Lipinski definition) is 2. The van der Waals surface area contributed by atoms with E-state index >= 15 is 0 Å². The molecule has 130 valence electrons. The van der Waals surface area contributed by atoms with Gasteiger partial charge in [0.2, 0.25) is 5.91 Å². The number of rotatable bonds is 3. The number of ether oxygens (including phenoxy) is 2. The van der Waals surface area contributed by atoms with Crippen LogP contribution in [-0.4, -0.2) is 37.2 Å². The molecule has 6 nitrogen and oxygen atoms in total. The van der Waals surface area contributed by atoms with E-state index in [2.05, 4.69) is 15.6 Å². The first-order valence-corrected chi connectivity index (χ1v) is 8.68. The number of pyridine rings is 1. The van der Waals surface area contributed by atoms with Gasteiger partial charge in [0.15, 0.2) is 11.5 Å². The quantitative estimate of drug-likeness (QED) is 0.899. The number of carbonyl (C=O) groups is 1. The molecular formula is C19H21N3O3. The number of fused-ring (bicyclic) bond motifs is 1. The second-order valence-electron chi connectivity index (χ2n) is 6.28. The standard InChI is InChI=1S/C19H21N3O3/c23-19(13-6-8-20-9-7-13)22-18-3-1-2-15(21-18)14-4-5-16-17(12-14)25-11-10-24-16/h1-5,12-13,20H,6-11H2,(H,21,22,23). The Kier molecular flexibility index (Phi) is 4.52. The van der Waals surface area contributed by atoms with Crippen LogP contribution >= 0.6 is 0 Å². The summed E-state index contributed by atoms with van der Waals surface area (Å²) < 4.78 is 11.2. The van der Waals surface area contributed by atoms with Gasteiger partial charge in [-0.3, -0.25) is 4.79 Å². The number of anilines is 1. The topological polar surface area (TPSA) is 72.5 Å². The van der Waals surface area contributed by atoms with Gasteiger partial charge < -0.3 is 20.1 Å². The highest BCUT2D eigenvalue weighted by molar-refractivity contribution is 5.92. The fourth-order valence-electron chi connectivity index (χ4n) is 3.18. The molecule has 2 aliphatic heterocycles. The van der Waals surface area contributed by atoms with E-state index in [9.17, 15) is 4.79 Å². The molecule has 1 aromatic carbocycles. The van der Waals surface area contributed by atoms with Crippen LogP contribution in [0.2, 0.25) is 0 Å². The Bertz CT molecular complexity index is 772. The molecule has 0 radical (unpaired) electrons. The van der Waals surface area contributed by atoms with Crippen LogP contribution in [0.3, 0.4) is 0 Å². The summed E-state index contributed by atoms with van der Waals surface area (Å²) in [5.41, 5.74) is 1.72. The van der Waals surface area contributed by atoms with Crippen molar-refractivity contribution in [2.24, 2.45) is 5.92 Å². The molecule has 0 bridgehead atoms. The van der Waals surface area contributed by atoms with Gasteiger partial charge in [-0.1, -0.05) is 6.07 Å².